The standard InChI is InChI=1S/C22H16N2O2S/c25-20-14-27-22(23-13-17-8-5-11-26-17)24(20)21-18-9-3-1-6-15(18)12-16-7-2-4-10-19(16)21/h1-12H,13-14H2. The first-order valence-corrected chi connectivity index (χ1v) is 9.73. The minimum atomic E-state index is 0.0553. The molecule has 0 spiro atoms. The maximum absolute atomic E-state index is 12.8. The summed E-state index contributed by atoms with van der Waals surface area (Å²) in [5.74, 6) is 1.24. The SMILES string of the molecule is O=C1CSC(=NCc2ccco2)N1c1c2ccccc2cc2ccccc12. The maximum atomic E-state index is 12.8. The van der Waals surface area contributed by atoms with Crippen LogP contribution in [0.25, 0.3) is 21.5 Å². The topological polar surface area (TPSA) is 45.8 Å². The van der Waals surface area contributed by atoms with Crippen LogP contribution in [0.15, 0.2) is 82.4 Å². The van der Waals surface area contributed by atoms with Crippen molar-refractivity contribution in [1.82, 2.24) is 0 Å². The van der Waals surface area contributed by atoms with Crippen molar-refractivity contribution in [3.05, 3.63) is 78.8 Å². The van der Waals surface area contributed by atoms with E-state index in [2.05, 4.69) is 35.3 Å². The fraction of sp³-hybridized carbons (Fsp3) is 0.0909. The van der Waals surface area contributed by atoms with Gasteiger partial charge in [-0.25, -0.2) is 0 Å². The van der Waals surface area contributed by atoms with Gasteiger partial charge in [-0.3, -0.25) is 14.7 Å². The molecule has 0 N–H and O–H groups in total. The molecule has 0 radical (unpaired) electrons. The largest absolute Gasteiger partial charge is 0.467 e. The van der Waals surface area contributed by atoms with E-state index in [4.69, 9.17) is 4.42 Å². The number of anilines is 1. The monoisotopic (exact) mass is 372 g/mol. The van der Waals surface area contributed by atoms with Gasteiger partial charge in [0.05, 0.1) is 24.2 Å². The van der Waals surface area contributed by atoms with Crippen LogP contribution in [0.4, 0.5) is 5.69 Å². The van der Waals surface area contributed by atoms with Crippen LogP contribution in [0.5, 0.6) is 0 Å². The van der Waals surface area contributed by atoms with Crippen molar-refractivity contribution in [2.24, 2.45) is 4.99 Å². The molecule has 27 heavy (non-hydrogen) atoms. The number of amidine groups is 1. The van der Waals surface area contributed by atoms with Gasteiger partial charge < -0.3 is 4.42 Å². The van der Waals surface area contributed by atoms with E-state index in [1.54, 1.807) is 11.2 Å². The third-order valence-corrected chi connectivity index (χ3v) is 5.64. The molecule has 1 amide bonds. The van der Waals surface area contributed by atoms with Crippen molar-refractivity contribution < 1.29 is 9.21 Å². The van der Waals surface area contributed by atoms with Gasteiger partial charge in [0.2, 0.25) is 5.91 Å². The number of hydrogen-bond donors (Lipinski definition) is 0. The van der Waals surface area contributed by atoms with Gasteiger partial charge in [-0.2, -0.15) is 0 Å². The van der Waals surface area contributed by atoms with Gasteiger partial charge in [-0.15, -0.1) is 0 Å². The molecule has 0 atom stereocenters. The molecule has 0 bridgehead atoms. The first kappa shape index (κ1) is 16.1. The van der Waals surface area contributed by atoms with E-state index in [-0.39, 0.29) is 5.91 Å². The van der Waals surface area contributed by atoms with Crippen LogP contribution in [0, 0.1) is 0 Å². The molecule has 4 nitrogen and oxygen atoms in total. The molecule has 4 aromatic rings. The molecule has 132 valence electrons. The highest BCUT2D eigenvalue weighted by Gasteiger charge is 2.32. The van der Waals surface area contributed by atoms with Gasteiger partial charge in [-0.05, 0) is 29.0 Å². The number of benzene rings is 3. The molecule has 3 aromatic carbocycles. The predicted molar refractivity (Wildman–Crippen MR) is 111 cm³/mol. The van der Waals surface area contributed by atoms with Gasteiger partial charge in [0, 0.05) is 10.8 Å². The van der Waals surface area contributed by atoms with Crippen LogP contribution in [-0.2, 0) is 11.3 Å². The van der Waals surface area contributed by atoms with E-state index in [1.165, 1.54) is 11.8 Å². The number of thioether (sulfide) groups is 1. The molecule has 5 rings (SSSR count). The Labute approximate surface area is 160 Å². The van der Waals surface area contributed by atoms with Crippen molar-refractivity contribution >= 4 is 50.1 Å². The Morgan fingerprint density at radius 1 is 0.963 bits per heavy atom. The van der Waals surface area contributed by atoms with E-state index in [0.717, 1.165) is 38.2 Å². The van der Waals surface area contributed by atoms with E-state index >= 15 is 0 Å². The zero-order chi connectivity index (χ0) is 18.2. The molecule has 5 heteroatoms. The van der Waals surface area contributed by atoms with E-state index < -0.39 is 0 Å². The second kappa shape index (κ2) is 6.59. The third-order valence-electron chi connectivity index (χ3n) is 4.68. The number of amides is 1. The van der Waals surface area contributed by atoms with Crippen LogP contribution in [0.1, 0.15) is 5.76 Å². The summed E-state index contributed by atoms with van der Waals surface area (Å²) in [6.07, 6.45) is 1.64. The molecule has 1 aliphatic heterocycles. The first-order chi connectivity index (χ1) is 13.3. The quantitative estimate of drug-likeness (QED) is 0.463. The Bertz CT molecular complexity index is 1130. The normalized spacial score (nSPS) is 16.1. The van der Waals surface area contributed by atoms with Gasteiger partial charge >= 0.3 is 0 Å². The van der Waals surface area contributed by atoms with Gasteiger partial charge in [0.25, 0.3) is 0 Å². The minimum absolute atomic E-state index is 0.0553. The summed E-state index contributed by atoms with van der Waals surface area (Å²) in [5.41, 5.74) is 0.914. The van der Waals surface area contributed by atoms with E-state index in [0.29, 0.717) is 12.3 Å². The van der Waals surface area contributed by atoms with Crippen LogP contribution < -0.4 is 4.90 Å². The average Bonchev–Trinajstić information content (AvgIpc) is 3.34. The molecule has 1 fully saturated rings. The van der Waals surface area contributed by atoms with Crippen molar-refractivity contribution in [1.29, 1.82) is 0 Å². The second-order valence-corrected chi connectivity index (χ2v) is 7.31. The van der Waals surface area contributed by atoms with E-state index in [1.807, 2.05) is 36.4 Å². The summed E-state index contributed by atoms with van der Waals surface area (Å²) >= 11 is 1.48. The highest BCUT2D eigenvalue weighted by Crippen LogP contribution is 2.39. The van der Waals surface area contributed by atoms with Crippen molar-refractivity contribution in [3.8, 4) is 0 Å². The fourth-order valence-electron chi connectivity index (χ4n) is 3.48. The van der Waals surface area contributed by atoms with Gasteiger partial charge in [-0.1, -0.05) is 60.3 Å². The zero-order valence-corrected chi connectivity index (χ0v) is 15.3. The minimum Gasteiger partial charge on any atom is -0.467 e. The predicted octanol–water partition coefficient (Wildman–Crippen LogP) is 5.22. The first-order valence-electron chi connectivity index (χ1n) is 8.74. The highest BCUT2D eigenvalue weighted by molar-refractivity contribution is 8.15. The summed E-state index contributed by atoms with van der Waals surface area (Å²) in [5, 5.41) is 5.05. The molecular weight excluding hydrogens is 356 g/mol. The number of fused-ring (bicyclic) bond motifs is 2. The molecule has 0 unspecified atom stereocenters. The average molecular weight is 372 g/mol. The lowest BCUT2D eigenvalue weighted by atomic mass is 10.00. The lowest BCUT2D eigenvalue weighted by Gasteiger charge is -2.21. The van der Waals surface area contributed by atoms with Crippen LogP contribution >= 0.6 is 11.8 Å². The van der Waals surface area contributed by atoms with Crippen molar-refractivity contribution in [2.45, 2.75) is 6.54 Å². The van der Waals surface area contributed by atoms with Crippen LogP contribution in [0.2, 0.25) is 0 Å². The highest BCUT2D eigenvalue weighted by atomic mass is 32.2. The third kappa shape index (κ3) is 2.80. The lowest BCUT2D eigenvalue weighted by molar-refractivity contribution is -0.115. The van der Waals surface area contributed by atoms with Gasteiger partial charge in [0.15, 0.2) is 5.17 Å². The maximum Gasteiger partial charge on any atom is 0.243 e. The number of nitrogens with zero attached hydrogens (tertiary/aromatic N) is 2. The second-order valence-electron chi connectivity index (χ2n) is 6.36. The summed E-state index contributed by atoms with van der Waals surface area (Å²) in [7, 11) is 0. The molecule has 1 saturated heterocycles. The molecule has 2 heterocycles. The number of carbonyl (C=O) groups is 1. The summed E-state index contributed by atoms with van der Waals surface area (Å²) in [6, 6.07) is 22.3. The number of furan rings is 1. The summed E-state index contributed by atoms with van der Waals surface area (Å²) < 4.78 is 5.38. The molecular formula is C22H16N2O2S. The van der Waals surface area contributed by atoms with Crippen molar-refractivity contribution in [3.63, 3.8) is 0 Å². The molecule has 0 saturated carbocycles. The number of aliphatic imine (C=N–C) groups is 1. The Morgan fingerprint density at radius 2 is 1.67 bits per heavy atom. The van der Waals surface area contributed by atoms with Gasteiger partial charge in [0.1, 0.15) is 5.76 Å². The fourth-order valence-corrected chi connectivity index (χ4v) is 4.34. The molecule has 1 aliphatic rings. The van der Waals surface area contributed by atoms with Crippen LogP contribution in [0.3, 0.4) is 0 Å². The number of hydrogen-bond acceptors (Lipinski definition) is 4. The number of carbonyl (C=O) groups excluding carboxylic acids is 1. The lowest BCUT2D eigenvalue weighted by Crippen LogP contribution is -2.29. The van der Waals surface area contributed by atoms with E-state index in [9.17, 15) is 4.79 Å². The Kier molecular flexibility index (Phi) is 3.94. The molecule has 1 aromatic heterocycles. The van der Waals surface area contributed by atoms with Crippen LogP contribution in [-0.4, -0.2) is 16.8 Å². The Morgan fingerprint density at radius 3 is 2.33 bits per heavy atom. The smallest absolute Gasteiger partial charge is 0.243 e. The van der Waals surface area contributed by atoms with Crippen molar-refractivity contribution in [2.75, 3.05) is 10.7 Å². The summed E-state index contributed by atoms with van der Waals surface area (Å²) in [4.78, 5) is 19.3. The molecule has 0 aliphatic carbocycles. The Hall–Kier alpha value is -3.05. The zero-order valence-electron chi connectivity index (χ0n) is 14.5. The Balaban J connectivity index is 1.72. The summed E-state index contributed by atoms with van der Waals surface area (Å²) in [6.45, 7) is 0.418. The number of rotatable bonds is 3.